The van der Waals surface area contributed by atoms with Crippen molar-refractivity contribution in [2.24, 2.45) is 0 Å². The fourth-order valence-corrected chi connectivity index (χ4v) is 2.24. The third kappa shape index (κ3) is 3.83. The van der Waals surface area contributed by atoms with Crippen molar-refractivity contribution in [1.29, 1.82) is 0 Å². The largest absolute Gasteiger partial charge is 0.352 e. The number of rotatable bonds is 4. The van der Waals surface area contributed by atoms with Crippen molar-refractivity contribution in [2.75, 3.05) is 6.54 Å². The van der Waals surface area contributed by atoms with Crippen LogP contribution in [0.2, 0.25) is 0 Å². The van der Waals surface area contributed by atoms with Gasteiger partial charge in [0.25, 0.3) is 0 Å². The van der Waals surface area contributed by atoms with E-state index in [4.69, 9.17) is 0 Å². The summed E-state index contributed by atoms with van der Waals surface area (Å²) in [5, 5.41) is 2.82. The molecular formula is C12H22N2O2. The van der Waals surface area contributed by atoms with Gasteiger partial charge in [0.2, 0.25) is 11.8 Å². The van der Waals surface area contributed by atoms with Gasteiger partial charge < -0.3 is 10.2 Å². The van der Waals surface area contributed by atoms with Gasteiger partial charge in [-0.05, 0) is 26.7 Å². The van der Waals surface area contributed by atoms with Crippen molar-refractivity contribution in [3.05, 3.63) is 0 Å². The SMILES string of the molecule is CC(=O)N(CC(=O)NC(C)C)C1CCCC1. The molecule has 0 spiro atoms. The second-order valence-corrected chi connectivity index (χ2v) is 4.81. The molecule has 1 rings (SSSR count). The smallest absolute Gasteiger partial charge is 0.239 e. The van der Waals surface area contributed by atoms with Crippen LogP contribution in [0.5, 0.6) is 0 Å². The summed E-state index contributed by atoms with van der Waals surface area (Å²) in [5.41, 5.74) is 0. The number of carbonyl (C=O) groups excluding carboxylic acids is 2. The minimum Gasteiger partial charge on any atom is -0.352 e. The number of nitrogens with one attached hydrogen (secondary N) is 1. The molecule has 0 aromatic carbocycles. The predicted molar refractivity (Wildman–Crippen MR) is 62.9 cm³/mol. The predicted octanol–water partition coefficient (Wildman–Crippen LogP) is 1.30. The molecule has 0 aromatic rings. The Labute approximate surface area is 97.4 Å². The van der Waals surface area contributed by atoms with Crippen molar-refractivity contribution in [3.63, 3.8) is 0 Å². The molecule has 92 valence electrons. The molecule has 2 amide bonds. The molecule has 1 aliphatic carbocycles. The lowest BCUT2D eigenvalue weighted by molar-refractivity contribution is -0.136. The van der Waals surface area contributed by atoms with Crippen LogP contribution >= 0.6 is 0 Å². The molecule has 1 saturated carbocycles. The average molecular weight is 226 g/mol. The first-order chi connectivity index (χ1) is 7.50. The number of amides is 2. The molecule has 0 aromatic heterocycles. The Morgan fingerprint density at radius 2 is 1.88 bits per heavy atom. The Morgan fingerprint density at radius 3 is 2.31 bits per heavy atom. The van der Waals surface area contributed by atoms with Gasteiger partial charge in [-0.2, -0.15) is 0 Å². The molecule has 0 unspecified atom stereocenters. The van der Waals surface area contributed by atoms with Gasteiger partial charge in [0.1, 0.15) is 0 Å². The summed E-state index contributed by atoms with van der Waals surface area (Å²) in [6.45, 7) is 5.59. The van der Waals surface area contributed by atoms with E-state index in [1.54, 1.807) is 11.8 Å². The number of carbonyl (C=O) groups is 2. The molecule has 4 heteroatoms. The second kappa shape index (κ2) is 5.87. The number of hydrogen-bond acceptors (Lipinski definition) is 2. The molecular weight excluding hydrogens is 204 g/mol. The maximum atomic E-state index is 11.6. The van der Waals surface area contributed by atoms with Gasteiger partial charge in [0, 0.05) is 19.0 Å². The minimum atomic E-state index is -0.0582. The van der Waals surface area contributed by atoms with Gasteiger partial charge >= 0.3 is 0 Å². The summed E-state index contributed by atoms with van der Waals surface area (Å²) in [4.78, 5) is 24.8. The van der Waals surface area contributed by atoms with E-state index in [9.17, 15) is 9.59 Å². The molecule has 1 fully saturated rings. The fourth-order valence-electron chi connectivity index (χ4n) is 2.24. The van der Waals surface area contributed by atoms with Crippen molar-refractivity contribution >= 4 is 11.8 Å². The lowest BCUT2D eigenvalue weighted by Crippen LogP contribution is -2.45. The molecule has 0 saturated heterocycles. The molecule has 1 aliphatic rings. The Hall–Kier alpha value is -1.06. The Bertz CT molecular complexity index is 258. The number of hydrogen-bond donors (Lipinski definition) is 1. The highest BCUT2D eigenvalue weighted by Crippen LogP contribution is 2.23. The molecule has 4 nitrogen and oxygen atoms in total. The van der Waals surface area contributed by atoms with Crippen LogP contribution < -0.4 is 5.32 Å². The monoisotopic (exact) mass is 226 g/mol. The Balaban J connectivity index is 2.50. The molecule has 0 radical (unpaired) electrons. The third-order valence-electron chi connectivity index (χ3n) is 2.93. The van der Waals surface area contributed by atoms with E-state index in [2.05, 4.69) is 5.32 Å². The van der Waals surface area contributed by atoms with Crippen molar-refractivity contribution in [3.8, 4) is 0 Å². The van der Waals surface area contributed by atoms with Gasteiger partial charge in [-0.3, -0.25) is 9.59 Å². The van der Waals surface area contributed by atoms with E-state index in [0.717, 1.165) is 12.8 Å². The fraction of sp³-hybridized carbons (Fsp3) is 0.833. The van der Waals surface area contributed by atoms with E-state index in [-0.39, 0.29) is 30.4 Å². The number of nitrogens with zero attached hydrogens (tertiary/aromatic N) is 1. The standard InChI is InChI=1S/C12H22N2O2/c1-9(2)13-12(16)8-14(10(3)15)11-6-4-5-7-11/h9,11H,4-8H2,1-3H3,(H,13,16). The van der Waals surface area contributed by atoms with Gasteiger partial charge in [0.05, 0.1) is 6.54 Å². The first-order valence-corrected chi connectivity index (χ1v) is 6.07. The molecule has 16 heavy (non-hydrogen) atoms. The molecule has 0 bridgehead atoms. The van der Waals surface area contributed by atoms with E-state index in [0.29, 0.717) is 0 Å². The van der Waals surface area contributed by atoms with Crippen LogP contribution in [0.4, 0.5) is 0 Å². The van der Waals surface area contributed by atoms with Crippen molar-refractivity contribution < 1.29 is 9.59 Å². The van der Waals surface area contributed by atoms with Crippen LogP contribution in [0.3, 0.4) is 0 Å². The van der Waals surface area contributed by atoms with Crippen LogP contribution in [-0.2, 0) is 9.59 Å². The van der Waals surface area contributed by atoms with Gasteiger partial charge in [-0.1, -0.05) is 12.8 Å². The quantitative estimate of drug-likeness (QED) is 0.785. The summed E-state index contributed by atoms with van der Waals surface area (Å²) in [5.74, 6) is -0.0529. The lowest BCUT2D eigenvalue weighted by atomic mass is 10.2. The Kier molecular flexibility index (Phi) is 4.77. The van der Waals surface area contributed by atoms with E-state index < -0.39 is 0 Å². The summed E-state index contributed by atoms with van der Waals surface area (Å²) >= 11 is 0. The van der Waals surface area contributed by atoms with Crippen LogP contribution in [0.1, 0.15) is 46.5 Å². The van der Waals surface area contributed by atoms with Crippen LogP contribution in [0, 0.1) is 0 Å². The zero-order valence-electron chi connectivity index (χ0n) is 10.5. The molecule has 0 heterocycles. The van der Waals surface area contributed by atoms with Crippen LogP contribution in [-0.4, -0.2) is 35.3 Å². The van der Waals surface area contributed by atoms with E-state index in [1.165, 1.54) is 12.8 Å². The first kappa shape index (κ1) is 13.0. The zero-order valence-corrected chi connectivity index (χ0v) is 10.5. The maximum Gasteiger partial charge on any atom is 0.239 e. The summed E-state index contributed by atoms with van der Waals surface area (Å²) < 4.78 is 0. The van der Waals surface area contributed by atoms with Gasteiger partial charge in [-0.15, -0.1) is 0 Å². The highest BCUT2D eigenvalue weighted by Gasteiger charge is 2.26. The first-order valence-electron chi connectivity index (χ1n) is 6.07. The maximum absolute atomic E-state index is 11.6. The Morgan fingerprint density at radius 1 is 1.31 bits per heavy atom. The normalized spacial score (nSPS) is 16.5. The highest BCUT2D eigenvalue weighted by atomic mass is 16.2. The van der Waals surface area contributed by atoms with Crippen molar-refractivity contribution in [1.82, 2.24) is 10.2 Å². The topological polar surface area (TPSA) is 49.4 Å². The summed E-state index contributed by atoms with van der Waals surface area (Å²) in [6, 6.07) is 0.403. The van der Waals surface area contributed by atoms with Gasteiger partial charge in [0.15, 0.2) is 0 Å². The summed E-state index contributed by atoms with van der Waals surface area (Å²) in [7, 11) is 0. The van der Waals surface area contributed by atoms with Crippen molar-refractivity contribution in [2.45, 2.75) is 58.5 Å². The summed E-state index contributed by atoms with van der Waals surface area (Å²) in [6.07, 6.45) is 4.41. The molecule has 0 aliphatic heterocycles. The minimum absolute atomic E-state index is 0.00538. The molecule has 0 atom stereocenters. The van der Waals surface area contributed by atoms with E-state index >= 15 is 0 Å². The highest BCUT2D eigenvalue weighted by molar-refractivity contribution is 5.84. The van der Waals surface area contributed by atoms with Crippen LogP contribution in [0.25, 0.3) is 0 Å². The van der Waals surface area contributed by atoms with E-state index in [1.807, 2.05) is 13.8 Å². The second-order valence-electron chi connectivity index (χ2n) is 4.81. The molecule has 1 N–H and O–H groups in total. The van der Waals surface area contributed by atoms with Crippen LogP contribution in [0.15, 0.2) is 0 Å². The lowest BCUT2D eigenvalue weighted by Gasteiger charge is -2.27. The zero-order chi connectivity index (χ0) is 12.1. The van der Waals surface area contributed by atoms with Gasteiger partial charge in [-0.25, -0.2) is 0 Å². The average Bonchev–Trinajstić information content (AvgIpc) is 2.64. The third-order valence-corrected chi connectivity index (χ3v) is 2.93.